The summed E-state index contributed by atoms with van der Waals surface area (Å²) in [6.07, 6.45) is 8.84. The van der Waals surface area contributed by atoms with Crippen LogP contribution in [0, 0.1) is 0 Å². The van der Waals surface area contributed by atoms with Crippen LogP contribution < -0.4 is 9.64 Å². The summed E-state index contributed by atoms with van der Waals surface area (Å²) >= 11 is 0. The van der Waals surface area contributed by atoms with Crippen LogP contribution >= 0.6 is 9.24 Å². The standard InChI is InChI=1S/C25H31F2N4OP/c1-5-20(16-29-18(2)3)30-14-11-22(12-15-30)31(23-17-28-13-10-24(23)32-4)21-8-6-19(7-9-21)25(26,27)33/h5-10,13,16-17,22H,1,11-12,14-15,33H2,2-4H3/b20-16+. The van der Waals surface area contributed by atoms with Gasteiger partial charge in [0, 0.05) is 48.4 Å². The third-order valence-electron chi connectivity index (χ3n) is 5.63. The molecule has 176 valence electrons. The fourth-order valence-electron chi connectivity index (χ4n) is 3.96. The zero-order chi connectivity index (χ0) is 24.0. The first kappa shape index (κ1) is 24.8. The van der Waals surface area contributed by atoms with Crippen molar-refractivity contribution in [2.24, 2.45) is 4.99 Å². The Hall–Kier alpha value is -2.79. The summed E-state index contributed by atoms with van der Waals surface area (Å²) in [5, 5.41) is 0. The highest BCUT2D eigenvalue weighted by Gasteiger charge is 2.30. The molecule has 0 spiro atoms. The monoisotopic (exact) mass is 472 g/mol. The van der Waals surface area contributed by atoms with Crippen molar-refractivity contribution < 1.29 is 13.5 Å². The summed E-state index contributed by atoms with van der Waals surface area (Å²) in [6.45, 7) is 9.50. The van der Waals surface area contributed by atoms with Crippen LogP contribution in [-0.2, 0) is 5.66 Å². The summed E-state index contributed by atoms with van der Waals surface area (Å²) in [7, 11) is 3.21. The third-order valence-corrected chi connectivity index (χ3v) is 5.96. The quantitative estimate of drug-likeness (QED) is 0.264. The summed E-state index contributed by atoms with van der Waals surface area (Å²) < 4.78 is 33.1. The van der Waals surface area contributed by atoms with Crippen LogP contribution in [0.25, 0.3) is 0 Å². The number of rotatable bonds is 8. The molecule has 0 N–H and O–H groups in total. The van der Waals surface area contributed by atoms with Gasteiger partial charge in [-0.3, -0.25) is 9.98 Å². The molecule has 3 rings (SSSR count). The van der Waals surface area contributed by atoms with Crippen LogP contribution in [0.5, 0.6) is 5.75 Å². The predicted octanol–water partition coefficient (Wildman–Crippen LogP) is 6.13. The topological polar surface area (TPSA) is 41.0 Å². The van der Waals surface area contributed by atoms with E-state index in [1.54, 1.807) is 40.9 Å². The molecule has 33 heavy (non-hydrogen) atoms. The van der Waals surface area contributed by atoms with Crippen molar-refractivity contribution in [2.45, 2.75) is 38.4 Å². The molecular formula is C25H31F2N4OP. The molecule has 1 aromatic heterocycles. The van der Waals surface area contributed by atoms with E-state index in [-0.39, 0.29) is 11.6 Å². The second kappa shape index (κ2) is 10.9. The Balaban J connectivity index is 1.91. The van der Waals surface area contributed by atoms with Crippen molar-refractivity contribution in [1.82, 2.24) is 9.88 Å². The van der Waals surface area contributed by atoms with E-state index in [9.17, 15) is 8.78 Å². The second-order valence-electron chi connectivity index (χ2n) is 8.14. The number of aliphatic imine (C=N–C) groups is 1. The Labute approximate surface area is 197 Å². The van der Waals surface area contributed by atoms with E-state index in [0.29, 0.717) is 5.75 Å². The Bertz CT molecular complexity index is 1010. The Morgan fingerprint density at radius 1 is 1.24 bits per heavy atom. The van der Waals surface area contributed by atoms with Crippen molar-refractivity contribution in [2.75, 3.05) is 25.1 Å². The molecule has 2 heterocycles. The van der Waals surface area contributed by atoms with E-state index in [1.807, 2.05) is 32.2 Å². The van der Waals surface area contributed by atoms with Gasteiger partial charge in [-0.2, -0.15) is 8.78 Å². The van der Waals surface area contributed by atoms with Crippen molar-refractivity contribution in [3.05, 3.63) is 72.8 Å². The zero-order valence-electron chi connectivity index (χ0n) is 19.3. The van der Waals surface area contributed by atoms with Gasteiger partial charge in [-0.25, -0.2) is 0 Å². The number of likely N-dealkylation sites (tertiary alicyclic amines) is 1. The van der Waals surface area contributed by atoms with Gasteiger partial charge >= 0.3 is 0 Å². The Morgan fingerprint density at radius 2 is 1.91 bits per heavy atom. The lowest BCUT2D eigenvalue weighted by Crippen LogP contribution is -2.42. The van der Waals surface area contributed by atoms with Crippen molar-refractivity contribution in [3.63, 3.8) is 0 Å². The molecule has 1 fully saturated rings. The van der Waals surface area contributed by atoms with Crippen molar-refractivity contribution >= 4 is 26.3 Å². The minimum atomic E-state index is -2.96. The number of methoxy groups -OCH3 is 1. The average molecular weight is 473 g/mol. The predicted molar refractivity (Wildman–Crippen MR) is 135 cm³/mol. The molecule has 0 bridgehead atoms. The van der Waals surface area contributed by atoms with E-state index in [2.05, 4.69) is 26.4 Å². The lowest BCUT2D eigenvalue weighted by atomic mass is 10.0. The minimum absolute atomic E-state index is 0.0447. The SMILES string of the molecule is C=C/C(=C\N=C(C)C)N1CCC(N(c2ccc(C(F)(F)P)cc2)c2cnccc2OC)CC1. The number of hydrogen-bond acceptors (Lipinski definition) is 5. The molecule has 0 aliphatic carbocycles. The number of anilines is 2. The molecule has 1 aliphatic heterocycles. The molecule has 0 amide bonds. The number of benzene rings is 1. The van der Waals surface area contributed by atoms with Crippen molar-refractivity contribution in [3.8, 4) is 5.75 Å². The van der Waals surface area contributed by atoms with Gasteiger partial charge in [-0.1, -0.05) is 28.0 Å². The molecule has 0 radical (unpaired) electrons. The third kappa shape index (κ3) is 6.17. The van der Waals surface area contributed by atoms with Crippen LogP contribution in [0.4, 0.5) is 20.2 Å². The van der Waals surface area contributed by atoms with E-state index in [0.717, 1.165) is 48.7 Å². The number of ether oxygens (including phenoxy) is 1. The van der Waals surface area contributed by atoms with Gasteiger partial charge in [0.1, 0.15) is 11.4 Å². The molecule has 8 heteroatoms. The van der Waals surface area contributed by atoms with E-state index < -0.39 is 5.66 Å². The molecule has 1 unspecified atom stereocenters. The average Bonchev–Trinajstić information content (AvgIpc) is 2.80. The molecule has 1 atom stereocenters. The number of aromatic nitrogens is 1. The molecule has 2 aromatic rings. The fraction of sp³-hybridized carbons (Fsp3) is 0.360. The smallest absolute Gasteiger partial charge is 0.283 e. The molecule has 1 aliphatic rings. The van der Waals surface area contributed by atoms with Gasteiger partial charge < -0.3 is 14.5 Å². The van der Waals surface area contributed by atoms with Gasteiger partial charge in [0.25, 0.3) is 5.66 Å². The van der Waals surface area contributed by atoms with Crippen molar-refractivity contribution in [1.29, 1.82) is 0 Å². The van der Waals surface area contributed by atoms with Crippen LogP contribution in [0.3, 0.4) is 0 Å². The first-order valence-corrected chi connectivity index (χ1v) is 11.5. The molecule has 1 aromatic carbocycles. The molecule has 5 nitrogen and oxygen atoms in total. The Morgan fingerprint density at radius 3 is 2.45 bits per heavy atom. The first-order valence-electron chi connectivity index (χ1n) is 10.9. The summed E-state index contributed by atoms with van der Waals surface area (Å²) in [4.78, 5) is 13.1. The maximum Gasteiger partial charge on any atom is 0.283 e. The van der Waals surface area contributed by atoms with Crippen LogP contribution in [0.15, 0.2) is 72.3 Å². The van der Waals surface area contributed by atoms with Gasteiger partial charge in [-0.05, 0) is 44.9 Å². The van der Waals surface area contributed by atoms with Crippen LogP contribution in [-0.4, -0.2) is 41.8 Å². The lowest BCUT2D eigenvalue weighted by Gasteiger charge is -2.41. The number of pyridine rings is 1. The van der Waals surface area contributed by atoms with Gasteiger partial charge in [0.15, 0.2) is 0 Å². The number of hydrogen-bond donors (Lipinski definition) is 0. The second-order valence-corrected chi connectivity index (χ2v) is 8.87. The molecular weight excluding hydrogens is 441 g/mol. The summed E-state index contributed by atoms with van der Waals surface area (Å²) in [6, 6.07) is 8.37. The summed E-state index contributed by atoms with van der Waals surface area (Å²) in [5.74, 6) is 0.687. The minimum Gasteiger partial charge on any atom is -0.494 e. The number of allylic oxidation sites excluding steroid dienone is 1. The highest BCUT2D eigenvalue weighted by Crippen LogP contribution is 2.40. The maximum atomic E-state index is 13.7. The highest BCUT2D eigenvalue weighted by molar-refractivity contribution is 7.17. The molecule has 0 saturated carbocycles. The van der Waals surface area contributed by atoms with Crippen LogP contribution in [0.1, 0.15) is 32.3 Å². The highest BCUT2D eigenvalue weighted by atomic mass is 31.0. The van der Waals surface area contributed by atoms with Crippen LogP contribution in [0.2, 0.25) is 0 Å². The number of piperidine rings is 1. The number of alkyl halides is 2. The zero-order valence-corrected chi connectivity index (χ0v) is 20.5. The normalized spacial score (nSPS) is 15.2. The maximum absolute atomic E-state index is 13.7. The summed E-state index contributed by atoms with van der Waals surface area (Å²) in [5.41, 5.74) is 0.605. The van der Waals surface area contributed by atoms with Gasteiger partial charge in [0.05, 0.1) is 25.2 Å². The van der Waals surface area contributed by atoms with E-state index >= 15 is 0 Å². The van der Waals surface area contributed by atoms with Gasteiger partial charge in [-0.15, -0.1) is 0 Å². The van der Waals surface area contributed by atoms with E-state index in [4.69, 9.17) is 4.74 Å². The number of halogens is 2. The largest absolute Gasteiger partial charge is 0.494 e. The van der Waals surface area contributed by atoms with Gasteiger partial charge in [0.2, 0.25) is 0 Å². The number of nitrogens with zero attached hydrogens (tertiary/aromatic N) is 4. The fourth-order valence-corrected chi connectivity index (χ4v) is 4.15. The molecule has 1 saturated heterocycles. The first-order chi connectivity index (χ1) is 15.7. The van der Waals surface area contributed by atoms with E-state index in [1.165, 1.54) is 12.1 Å². The lowest BCUT2D eigenvalue weighted by molar-refractivity contribution is 0.104. The Kier molecular flexibility index (Phi) is 8.20.